The molecule has 0 spiro atoms. The van der Waals surface area contributed by atoms with E-state index in [4.69, 9.17) is 4.74 Å². The number of rotatable bonds is 7. The van der Waals surface area contributed by atoms with Crippen LogP contribution >= 0.6 is 11.3 Å². The van der Waals surface area contributed by atoms with Gasteiger partial charge in [-0.3, -0.25) is 4.98 Å². The van der Waals surface area contributed by atoms with Gasteiger partial charge in [0, 0.05) is 26.6 Å². The minimum atomic E-state index is -0.351. The van der Waals surface area contributed by atoms with E-state index >= 15 is 0 Å². The number of hydrogen-bond acceptors (Lipinski definition) is 6. The molecule has 0 radical (unpaired) electrons. The van der Waals surface area contributed by atoms with Gasteiger partial charge in [0.15, 0.2) is 5.01 Å². The molecule has 0 aliphatic carbocycles. The van der Waals surface area contributed by atoms with Crippen LogP contribution in [0.2, 0.25) is 0 Å². The highest BCUT2D eigenvalue weighted by Gasteiger charge is 2.07. The molecule has 1 N–H and O–H groups in total. The zero-order valence-electron chi connectivity index (χ0n) is 10.6. The van der Waals surface area contributed by atoms with Crippen LogP contribution < -0.4 is 5.32 Å². The Bertz CT molecular complexity index is 503. The molecule has 2 rings (SSSR count). The van der Waals surface area contributed by atoms with Crippen LogP contribution in [0.4, 0.5) is 4.39 Å². The molecule has 5 nitrogen and oxygen atoms in total. The van der Waals surface area contributed by atoms with Crippen molar-refractivity contribution in [1.82, 2.24) is 20.5 Å². The fraction of sp³-hybridized carbons (Fsp3) is 0.417. The van der Waals surface area contributed by atoms with Crippen LogP contribution in [-0.2, 0) is 11.2 Å². The fourth-order valence-corrected chi connectivity index (χ4v) is 2.27. The smallest absolute Gasteiger partial charge is 0.166 e. The number of halogens is 1. The number of hydrogen-bond donors (Lipinski definition) is 1. The van der Waals surface area contributed by atoms with Gasteiger partial charge in [-0.1, -0.05) is 11.3 Å². The second-order valence-corrected chi connectivity index (χ2v) is 4.92. The molecule has 0 fully saturated rings. The average molecular weight is 282 g/mol. The van der Waals surface area contributed by atoms with Gasteiger partial charge in [0.25, 0.3) is 0 Å². The molecule has 7 heteroatoms. The van der Waals surface area contributed by atoms with Gasteiger partial charge in [0.2, 0.25) is 0 Å². The maximum absolute atomic E-state index is 12.8. The van der Waals surface area contributed by atoms with Crippen LogP contribution in [0.15, 0.2) is 18.3 Å². The second-order valence-electron chi connectivity index (χ2n) is 3.86. The Morgan fingerprint density at radius 2 is 2.21 bits per heavy atom. The predicted molar refractivity (Wildman–Crippen MR) is 71.5 cm³/mol. The Balaban J connectivity index is 1.86. The summed E-state index contributed by atoms with van der Waals surface area (Å²) in [5.74, 6) is -0.351. The monoisotopic (exact) mass is 282 g/mol. The summed E-state index contributed by atoms with van der Waals surface area (Å²) in [4.78, 5) is 3.98. The van der Waals surface area contributed by atoms with Crippen molar-refractivity contribution in [1.29, 1.82) is 0 Å². The highest BCUT2D eigenvalue weighted by atomic mass is 32.1. The fourth-order valence-electron chi connectivity index (χ4n) is 1.46. The summed E-state index contributed by atoms with van der Waals surface area (Å²) in [7, 11) is 1.67. The molecule has 2 aromatic heterocycles. The van der Waals surface area contributed by atoms with Crippen LogP contribution in [0.5, 0.6) is 0 Å². The first kappa shape index (κ1) is 14.0. The third-order valence-corrected chi connectivity index (χ3v) is 3.42. The van der Waals surface area contributed by atoms with Crippen molar-refractivity contribution in [3.8, 4) is 10.7 Å². The molecule has 0 saturated heterocycles. The number of ether oxygens (including phenoxy) is 1. The van der Waals surface area contributed by atoms with E-state index in [1.165, 1.54) is 23.6 Å². The maximum Gasteiger partial charge on any atom is 0.166 e. The molecule has 2 heterocycles. The zero-order chi connectivity index (χ0) is 13.5. The van der Waals surface area contributed by atoms with Crippen molar-refractivity contribution in [2.24, 2.45) is 0 Å². The lowest BCUT2D eigenvalue weighted by molar-refractivity contribution is 0.199. The molecular formula is C12H15FN4OS. The number of nitrogens with zero attached hydrogens (tertiary/aromatic N) is 3. The van der Waals surface area contributed by atoms with Crippen LogP contribution in [-0.4, -0.2) is 42.0 Å². The van der Waals surface area contributed by atoms with Crippen molar-refractivity contribution >= 4 is 11.3 Å². The van der Waals surface area contributed by atoms with Crippen molar-refractivity contribution in [2.45, 2.75) is 6.42 Å². The van der Waals surface area contributed by atoms with Crippen LogP contribution in [0.25, 0.3) is 10.7 Å². The molecule has 0 saturated carbocycles. The van der Waals surface area contributed by atoms with Crippen LogP contribution in [0.1, 0.15) is 5.01 Å². The Morgan fingerprint density at radius 3 is 2.95 bits per heavy atom. The molecule has 0 atom stereocenters. The lowest BCUT2D eigenvalue weighted by Crippen LogP contribution is -2.21. The molecule has 0 unspecified atom stereocenters. The first-order chi connectivity index (χ1) is 9.29. The number of methoxy groups -OCH3 is 1. The molecular weight excluding hydrogens is 267 g/mol. The van der Waals surface area contributed by atoms with Crippen LogP contribution in [0.3, 0.4) is 0 Å². The molecule has 102 valence electrons. The van der Waals surface area contributed by atoms with E-state index in [0.717, 1.165) is 24.5 Å². The lowest BCUT2D eigenvalue weighted by atomic mass is 10.4. The van der Waals surface area contributed by atoms with Crippen molar-refractivity contribution in [3.63, 3.8) is 0 Å². The minimum Gasteiger partial charge on any atom is -0.383 e. The largest absolute Gasteiger partial charge is 0.383 e. The third-order valence-electron chi connectivity index (χ3n) is 2.41. The summed E-state index contributed by atoms with van der Waals surface area (Å²) in [6.45, 7) is 2.34. The van der Waals surface area contributed by atoms with Gasteiger partial charge in [-0.15, -0.1) is 10.2 Å². The zero-order valence-corrected chi connectivity index (χ0v) is 11.4. The summed E-state index contributed by atoms with van der Waals surface area (Å²) >= 11 is 1.48. The standard InChI is InChI=1S/C12H15FN4OS/c1-18-7-6-14-5-4-11-16-17-12(19-11)10-3-2-9(13)8-15-10/h2-3,8,14H,4-7H2,1H3. The van der Waals surface area contributed by atoms with Crippen LogP contribution in [0, 0.1) is 5.82 Å². The van der Waals surface area contributed by atoms with Gasteiger partial charge in [-0.05, 0) is 12.1 Å². The molecule has 0 aliphatic heterocycles. The first-order valence-corrected chi connectivity index (χ1v) is 6.75. The van der Waals surface area contributed by atoms with E-state index in [9.17, 15) is 4.39 Å². The van der Waals surface area contributed by atoms with Gasteiger partial charge < -0.3 is 10.1 Å². The molecule has 2 aromatic rings. The van der Waals surface area contributed by atoms with Gasteiger partial charge >= 0.3 is 0 Å². The normalized spacial score (nSPS) is 10.8. The molecule has 0 aromatic carbocycles. The highest BCUT2D eigenvalue weighted by Crippen LogP contribution is 2.21. The Labute approximate surface area is 114 Å². The number of nitrogens with one attached hydrogen (secondary N) is 1. The summed E-state index contributed by atoms with van der Waals surface area (Å²) in [5, 5.41) is 13.0. The first-order valence-electron chi connectivity index (χ1n) is 5.93. The third kappa shape index (κ3) is 4.30. The van der Waals surface area contributed by atoms with Crippen molar-refractivity contribution < 1.29 is 9.13 Å². The Morgan fingerprint density at radius 1 is 1.32 bits per heavy atom. The van der Waals surface area contributed by atoms with E-state index < -0.39 is 0 Å². The van der Waals surface area contributed by atoms with Gasteiger partial charge in [0.1, 0.15) is 16.5 Å². The van der Waals surface area contributed by atoms with E-state index in [1.807, 2.05) is 0 Å². The molecule has 0 amide bonds. The topological polar surface area (TPSA) is 59.9 Å². The quantitative estimate of drug-likeness (QED) is 0.780. The minimum absolute atomic E-state index is 0.351. The highest BCUT2D eigenvalue weighted by molar-refractivity contribution is 7.14. The average Bonchev–Trinajstić information content (AvgIpc) is 2.88. The maximum atomic E-state index is 12.8. The van der Waals surface area contributed by atoms with E-state index in [0.29, 0.717) is 17.3 Å². The summed E-state index contributed by atoms with van der Waals surface area (Å²) in [6, 6.07) is 2.98. The predicted octanol–water partition coefficient (Wildman–Crippen LogP) is 1.52. The number of pyridine rings is 1. The van der Waals surface area contributed by atoms with Gasteiger partial charge in [-0.2, -0.15) is 0 Å². The Kier molecular flexibility index (Phi) is 5.31. The number of aromatic nitrogens is 3. The van der Waals surface area contributed by atoms with Gasteiger partial charge in [-0.25, -0.2) is 4.39 Å². The summed E-state index contributed by atoms with van der Waals surface area (Å²) in [6.07, 6.45) is 1.99. The lowest BCUT2D eigenvalue weighted by Gasteiger charge is -2.00. The van der Waals surface area contributed by atoms with Crippen molar-refractivity contribution in [3.05, 3.63) is 29.2 Å². The summed E-state index contributed by atoms with van der Waals surface area (Å²) < 4.78 is 17.7. The SMILES string of the molecule is COCCNCCc1nnc(-c2ccc(F)cn2)s1. The van der Waals surface area contributed by atoms with E-state index in [-0.39, 0.29) is 5.82 Å². The molecule has 19 heavy (non-hydrogen) atoms. The van der Waals surface area contributed by atoms with Crippen molar-refractivity contribution in [2.75, 3.05) is 26.8 Å². The molecule has 0 bridgehead atoms. The van der Waals surface area contributed by atoms with E-state index in [2.05, 4.69) is 20.5 Å². The van der Waals surface area contributed by atoms with Gasteiger partial charge in [0.05, 0.1) is 12.8 Å². The second kappa shape index (κ2) is 7.22. The summed E-state index contributed by atoms with van der Waals surface area (Å²) in [5.41, 5.74) is 0.650. The molecule has 0 aliphatic rings. The Hall–Kier alpha value is -1.44. The van der Waals surface area contributed by atoms with E-state index in [1.54, 1.807) is 13.2 Å².